The molecule has 70 valence electrons. The molecule has 2 rings (SSSR count). The van der Waals surface area contributed by atoms with Crippen LogP contribution >= 0.6 is 0 Å². The normalized spacial score (nSPS) is 19.5. The lowest BCUT2D eigenvalue weighted by molar-refractivity contribution is 0.00798. The highest BCUT2D eigenvalue weighted by atomic mass is 16.5. The van der Waals surface area contributed by atoms with Crippen molar-refractivity contribution < 1.29 is 4.74 Å². The molecule has 1 aromatic carbocycles. The highest BCUT2D eigenvalue weighted by Crippen LogP contribution is 2.29. The first kappa shape index (κ1) is 8.73. The van der Waals surface area contributed by atoms with Crippen molar-refractivity contribution in [2.24, 2.45) is 5.73 Å². The average molecular weight is 177 g/mol. The van der Waals surface area contributed by atoms with Crippen molar-refractivity contribution in [1.82, 2.24) is 0 Å². The largest absolute Gasteiger partial charge is 0.380 e. The molecule has 0 bridgehead atoms. The van der Waals surface area contributed by atoms with Crippen LogP contribution in [-0.4, -0.2) is 13.2 Å². The molecule has 2 N–H and O–H groups in total. The van der Waals surface area contributed by atoms with E-state index in [1.165, 1.54) is 11.1 Å². The predicted molar refractivity (Wildman–Crippen MR) is 52.6 cm³/mol. The van der Waals surface area contributed by atoms with Gasteiger partial charge in [-0.1, -0.05) is 24.3 Å². The summed E-state index contributed by atoms with van der Waals surface area (Å²) in [6.45, 7) is 3.73. The van der Waals surface area contributed by atoms with Crippen molar-refractivity contribution in [2.45, 2.75) is 18.9 Å². The summed E-state index contributed by atoms with van der Waals surface area (Å²) in [5, 5.41) is 0. The first-order valence-electron chi connectivity index (χ1n) is 4.71. The summed E-state index contributed by atoms with van der Waals surface area (Å²) in [4.78, 5) is 0. The third-order valence-corrected chi connectivity index (χ3v) is 2.56. The van der Waals surface area contributed by atoms with Gasteiger partial charge in [-0.3, -0.25) is 0 Å². The van der Waals surface area contributed by atoms with Crippen LogP contribution in [0.1, 0.15) is 30.0 Å². The highest BCUT2D eigenvalue weighted by Gasteiger charge is 2.23. The molecule has 0 saturated carbocycles. The molecule has 1 aromatic rings. The number of ether oxygens (including phenoxy) is 1. The molecule has 0 amide bonds. The SMILES string of the molecule is CC(N)c1ccccc1C1COC1. The maximum atomic E-state index is 5.89. The fourth-order valence-corrected chi connectivity index (χ4v) is 1.71. The zero-order valence-electron chi connectivity index (χ0n) is 7.86. The monoisotopic (exact) mass is 177 g/mol. The molecule has 0 spiro atoms. The third-order valence-electron chi connectivity index (χ3n) is 2.56. The number of hydrogen-bond acceptors (Lipinski definition) is 2. The number of rotatable bonds is 2. The van der Waals surface area contributed by atoms with Gasteiger partial charge in [0, 0.05) is 12.0 Å². The Morgan fingerprint density at radius 1 is 1.38 bits per heavy atom. The molecule has 1 saturated heterocycles. The van der Waals surface area contributed by atoms with Gasteiger partial charge in [0.05, 0.1) is 13.2 Å². The summed E-state index contributed by atoms with van der Waals surface area (Å²) in [5.74, 6) is 0.571. The Hall–Kier alpha value is -0.860. The van der Waals surface area contributed by atoms with E-state index in [-0.39, 0.29) is 6.04 Å². The van der Waals surface area contributed by atoms with Crippen LogP contribution in [0, 0.1) is 0 Å². The summed E-state index contributed by atoms with van der Waals surface area (Å²) in [7, 11) is 0. The van der Waals surface area contributed by atoms with Crippen molar-refractivity contribution in [3.63, 3.8) is 0 Å². The summed E-state index contributed by atoms with van der Waals surface area (Å²) in [6, 6.07) is 8.50. The maximum absolute atomic E-state index is 5.89. The van der Waals surface area contributed by atoms with E-state index in [4.69, 9.17) is 10.5 Å². The Kier molecular flexibility index (Phi) is 2.34. The van der Waals surface area contributed by atoms with Crippen molar-refractivity contribution in [1.29, 1.82) is 0 Å². The maximum Gasteiger partial charge on any atom is 0.0557 e. The van der Waals surface area contributed by atoms with Crippen LogP contribution in [-0.2, 0) is 4.74 Å². The molecular formula is C11H15NO. The molecule has 0 radical (unpaired) electrons. The Morgan fingerprint density at radius 3 is 2.62 bits per heavy atom. The fourth-order valence-electron chi connectivity index (χ4n) is 1.71. The lowest BCUT2D eigenvalue weighted by atomic mass is 9.90. The Balaban J connectivity index is 2.31. The van der Waals surface area contributed by atoms with E-state index < -0.39 is 0 Å². The van der Waals surface area contributed by atoms with Gasteiger partial charge in [0.15, 0.2) is 0 Å². The zero-order valence-corrected chi connectivity index (χ0v) is 7.86. The molecule has 1 aliphatic heterocycles. The molecule has 1 unspecified atom stereocenters. The lowest BCUT2D eigenvalue weighted by Gasteiger charge is -2.29. The van der Waals surface area contributed by atoms with Crippen LogP contribution in [0.2, 0.25) is 0 Å². The van der Waals surface area contributed by atoms with E-state index in [0.29, 0.717) is 5.92 Å². The van der Waals surface area contributed by atoms with Crippen molar-refractivity contribution in [3.8, 4) is 0 Å². The first-order chi connectivity index (χ1) is 6.29. The van der Waals surface area contributed by atoms with Crippen LogP contribution in [0.3, 0.4) is 0 Å². The molecule has 1 fully saturated rings. The quantitative estimate of drug-likeness (QED) is 0.747. The summed E-state index contributed by atoms with van der Waals surface area (Å²) in [5.41, 5.74) is 8.51. The van der Waals surface area contributed by atoms with Crippen molar-refractivity contribution in [2.75, 3.05) is 13.2 Å². The molecule has 13 heavy (non-hydrogen) atoms. The molecule has 0 aliphatic carbocycles. The van der Waals surface area contributed by atoms with Gasteiger partial charge in [-0.15, -0.1) is 0 Å². The second-order valence-electron chi connectivity index (χ2n) is 3.65. The molecule has 1 aliphatic rings. The number of benzene rings is 1. The van der Waals surface area contributed by atoms with Crippen LogP contribution in [0.5, 0.6) is 0 Å². The van der Waals surface area contributed by atoms with Gasteiger partial charge in [0.1, 0.15) is 0 Å². The van der Waals surface area contributed by atoms with Crippen molar-refractivity contribution >= 4 is 0 Å². The minimum atomic E-state index is 0.122. The molecule has 0 aromatic heterocycles. The van der Waals surface area contributed by atoms with E-state index in [0.717, 1.165) is 13.2 Å². The van der Waals surface area contributed by atoms with Gasteiger partial charge >= 0.3 is 0 Å². The van der Waals surface area contributed by atoms with Gasteiger partial charge in [0.25, 0.3) is 0 Å². The Bertz CT molecular complexity index is 292. The van der Waals surface area contributed by atoms with Crippen LogP contribution < -0.4 is 5.73 Å². The second kappa shape index (κ2) is 3.48. The summed E-state index contributed by atoms with van der Waals surface area (Å²) >= 11 is 0. The molecular weight excluding hydrogens is 162 g/mol. The Labute approximate surface area is 78.7 Å². The first-order valence-corrected chi connectivity index (χ1v) is 4.71. The van der Waals surface area contributed by atoms with Gasteiger partial charge in [-0.25, -0.2) is 0 Å². The second-order valence-corrected chi connectivity index (χ2v) is 3.65. The number of nitrogens with two attached hydrogens (primary N) is 1. The summed E-state index contributed by atoms with van der Waals surface area (Å²) < 4.78 is 5.18. The zero-order chi connectivity index (χ0) is 9.26. The topological polar surface area (TPSA) is 35.2 Å². The summed E-state index contributed by atoms with van der Waals surface area (Å²) in [6.07, 6.45) is 0. The van der Waals surface area contributed by atoms with Crippen molar-refractivity contribution in [3.05, 3.63) is 35.4 Å². The van der Waals surface area contributed by atoms with E-state index in [1.807, 2.05) is 13.0 Å². The molecule has 2 heteroatoms. The smallest absolute Gasteiger partial charge is 0.0557 e. The molecule has 1 heterocycles. The molecule has 1 atom stereocenters. The van der Waals surface area contributed by atoms with Crippen LogP contribution in [0.25, 0.3) is 0 Å². The van der Waals surface area contributed by atoms with Crippen LogP contribution in [0.15, 0.2) is 24.3 Å². The van der Waals surface area contributed by atoms with Gasteiger partial charge < -0.3 is 10.5 Å². The van der Waals surface area contributed by atoms with Gasteiger partial charge in [-0.2, -0.15) is 0 Å². The standard InChI is InChI=1S/C11H15NO/c1-8(12)10-4-2-3-5-11(10)9-6-13-7-9/h2-5,8-9H,6-7,12H2,1H3. The highest BCUT2D eigenvalue weighted by molar-refractivity contribution is 5.33. The minimum absolute atomic E-state index is 0.122. The van der Waals surface area contributed by atoms with Gasteiger partial charge in [-0.05, 0) is 18.1 Å². The third kappa shape index (κ3) is 1.60. The minimum Gasteiger partial charge on any atom is -0.380 e. The average Bonchev–Trinajstić information content (AvgIpc) is 2.02. The lowest BCUT2D eigenvalue weighted by Crippen LogP contribution is -2.27. The van der Waals surface area contributed by atoms with E-state index in [1.54, 1.807) is 0 Å². The van der Waals surface area contributed by atoms with E-state index in [9.17, 15) is 0 Å². The van der Waals surface area contributed by atoms with Gasteiger partial charge in [0.2, 0.25) is 0 Å². The predicted octanol–water partition coefficient (Wildman–Crippen LogP) is 1.82. The van der Waals surface area contributed by atoms with E-state index in [2.05, 4.69) is 18.2 Å². The fraction of sp³-hybridized carbons (Fsp3) is 0.455. The Morgan fingerprint density at radius 2 is 2.08 bits per heavy atom. The van der Waals surface area contributed by atoms with E-state index >= 15 is 0 Å². The van der Waals surface area contributed by atoms with Crippen LogP contribution in [0.4, 0.5) is 0 Å². The molecule has 2 nitrogen and oxygen atoms in total. The number of hydrogen-bond donors (Lipinski definition) is 1.